The Balaban J connectivity index is 1.65. The fourth-order valence-electron chi connectivity index (χ4n) is 2.46. The second-order valence-corrected chi connectivity index (χ2v) is 7.55. The predicted octanol–water partition coefficient (Wildman–Crippen LogP) is 4.63. The van der Waals surface area contributed by atoms with E-state index in [4.69, 9.17) is 11.6 Å². The van der Waals surface area contributed by atoms with Gasteiger partial charge in [0.15, 0.2) is 0 Å². The molecule has 0 spiro atoms. The van der Waals surface area contributed by atoms with Crippen LogP contribution in [0.4, 0.5) is 0 Å². The Labute approximate surface area is 133 Å². The van der Waals surface area contributed by atoms with Crippen LogP contribution in [0.25, 0.3) is 0 Å². The van der Waals surface area contributed by atoms with Gasteiger partial charge >= 0.3 is 0 Å². The van der Waals surface area contributed by atoms with Crippen molar-refractivity contribution in [1.82, 2.24) is 9.55 Å². The highest BCUT2D eigenvalue weighted by atomic mass is 35.5. The first-order valence-corrected chi connectivity index (χ1v) is 9.12. The number of rotatable bonds is 5. The van der Waals surface area contributed by atoms with Crippen LogP contribution in [0.5, 0.6) is 0 Å². The number of hydrogen-bond acceptors (Lipinski definition) is 1. The molecule has 0 radical (unpaired) electrons. The number of benzene rings is 1. The van der Waals surface area contributed by atoms with Crippen LogP contribution in [-0.4, -0.2) is 9.55 Å². The van der Waals surface area contributed by atoms with Gasteiger partial charge in [-0.1, -0.05) is 35.9 Å². The Morgan fingerprint density at radius 3 is 2.71 bits per heavy atom. The SMILES string of the molecule is Cc1nccn1CCc1ccc(C[SH]2C=CC=C2)cc1Cl. The molecule has 1 aliphatic rings. The highest BCUT2D eigenvalue weighted by Crippen LogP contribution is 2.37. The standard InChI is InChI=1S/C17H19ClN2S/c1-14-19-7-9-20(14)8-6-16-5-4-15(12-17(16)18)13-21-10-2-3-11-21/h2-5,7,9-12,21H,6,8,13H2,1H3. The highest BCUT2D eigenvalue weighted by Gasteiger charge is 2.06. The molecule has 21 heavy (non-hydrogen) atoms. The molecule has 1 aromatic heterocycles. The van der Waals surface area contributed by atoms with Gasteiger partial charge in [-0.25, -0.2) is 15.9 Å². The molecule has 0 saturated carbocycles. The Morgan fingerprint density at radius 2 is 2.05 bits per heavy atom. The van der Waals surface area contributed by atoms with Crippen LogP contribution in [0.1, 0.15) is 17.0 Å². The summed E-state index contributed by atoms with van der Waals surface area (Å²) in [6.07, 6.45) is 9.05. The summed E-state index contributed by atoms with van der Waals surface area (Å²) in [4.78, 5) is 4.24. The maximum absolute atomic E-state index is 6.44. The monoisotopic (exact) mass is 318 g/mol. The van der Waals surface area contributed by atoms with Crippen molar-refractivity contribution in [3.63, 3.8) is 0 Å². The first-order valence-electron chi connectivity index (χ1n) is 7.08. The van der Waals surface area contributed by atoms with E-state index in [0.29, 0.717) is 0 Å². The predicted molar refractivity (Wildman–Crippen MR) is 93.1 cm³/mol. The molecule has 110 valence electrons. The second kappa shape index (κ2) is 6.54. The van der Waals surface area contributed by atoms with Gasteiger partial charge in [-0.3, -0.25) is 0 Å². The summed E-state index contributed by atoms with van der Waals surface area (Å²) in [5, 5.41) is 5.46. The molecule has 3 rings (SSSR count). The maximum Gasteiger partial charge on any atom is 0.105 e. The van der Waals surface area contributed by atoms with Gasteiger partial charge < -0.3 is 4.57 Å². The number of halogens is 1. The summed E-state index contributed by atoms with van der Waals surface area (Å²) in [6.45, 7) is 2.94. The molecule has 0 fully saturated rings. The molecule has 0 atom stereocenters. The van der Waals surface area contributed by atoms with E-state index < -0.39 is 0 Å². The third kappa shape index (κ3) is 3.60. The summed E-state index contributed by atoms with van der Waals surface area (Å²) >= 11 is 6.44. The van der Waals surface area contributed by atoms with Crippen LogP contribution in [-0.2, 0) is 18.7 Å². The van der Waals surface area contributed by atoms with Crippen molar-refractivity contribution in [3.05, 3.63) is 75.5 Å². The Hall–Kier alpha value is -1.45. The minimum atomic E-state index is -0.117. The van der Waals surface area contributed by atoms with Crippen molar-refractivity contribution in [1.29, 1.82) is 0 Å². The van der Waals surface area contributed by atoms with E-state index in [1.165, 1.54) is 11.1 Å². The van der Waals surface area contributed by atoms with Crippen molar-refractivity contribution >= 4 is 22.5 Å². The fraction of sp³-hybridized carbons (Fsp3) is 0.235. The average molecular weight is 319 g/mol. The average Bonchev–Trinajstić information content (AvgIpc) is 3.10. The van der Waals surface area contributed by atoms with E-state index in [0.717, 1.165) is 29.6 Å². The van der Waals surface area contributed by atoms with E-state index in [1.807, 2.05) is 19.3 Å². The molecule has 0 saturated heterocycles. The molecule has 0 unspecified atom stereocenters. The van der Waals surface area contributed by atoms with Gasteiger partial charge in [0, 0.05) is 29.7 Å². The first-order chi connectivity index (χ1) is 10.2. The number of thiol groups is 1. The molecule has 2 heterocycles. The number of allylic oxidation sites excluding steroid dienone is 2. The normalized spacial score (nSPS) is 15.0. The number of aromatic nitrogens is 2. The number of hydrogen-bond donors (Lipinski definition) is 1. The zero-order chi connectivity index (χ0) is 14.7. The van der Waals surface area contributed by atoms with E-state index >= 15 is 0 Å². The summed E-state index contributed by atoms with van der Waals surface area (Å²) in [5.74, 6) is 2.13. The van der Waals surface area contributed by atoms with Crippen LogP contribution in [0.15, 0.2) is 53.6 Å². The molecule has 2 nitrogen and oxygen atoms in total. The maximum atomic E-state index is 6.44. The van der Waals surface area contributed by atoms with Crippen LogP contribution in [0.3, 0.4) is 0 Å². The van der Waals surface area contributed by atoms with E-state index in [-0.39, 0.29) is 10.9 Å². The molecule has 4 heteroatoms. The molecule has 0 aliphatic carbocycles. The van der Waals surface area contributed by atoms with Crippen molar-refractivity contribution in [2.45, 2.75) is 25.6 Å². The van der Waals surface area contributed by atoms with Gasteiger partial charge in [0.2, 0.25) is 0 Å². The number of aryl methyl sites for hydroxylation is 3. The van der Waals surface area contributed by atoms with Crippen LogP contribution < -0.4 is 0 Å². The van der Waals surface area contributed by atoms with Crippen LogP contribution in [0, 0.1) is 6.92 Å². The molecule has 0 bridgehead atoms. The van der Waals surface area contributed by atoms with E-state index in [1.54, 1.807) is 0 Å². The van der Waals surface area contributed by atoms with Crippen LogP contribution >= 0.6 is 22.5 Å². The number of imidazole rings is 1. The molecule has 0 N–H and O–H groups in total. The first kappa shape index (κ1) is 14.5. The molecular formula is C17H19ClN2S. The second-order valence-electron chi connectivity index (χ2n) is 5.20. The fourth-order valence-corrected chi connectivity index (χ4v) is 4.33. The minimum Gasteiger partial charge on any atom is -0.335 e. The molecule has 1 aromatic carbocycles. The summed E-state index contributed by atoms with van der Waals surface area (Å²) in [7, 11) is -0.117. The summed E-state index contributed by atoms with van der Waals surface area (Å²) in [6, 6.07) is 6.51. The molecule has 1 aliphatic heterocycles. The van der Waals surface area contributed by atoms with Gasteiger partial charge in [-0.05, 0) is 41.4 Å². The van der Waals surface area contributed by atoms with Crippen LogP contribution in [0.2, 0.25) is 5.02 Å². The smallest absolute Gasteiger partial charge is 0.105 e. The van der Waals surface area contributed by atoms with Crippen molar-refractivity contribution in [2.24, 2.45) is 0 Å². The highest BCUT2D eigenvalue weighted by molar-refractivity contribution is 8.21. The topological polar surface area (TPSA) is 17.8 Å². The third-order valence-corrected chi connectivity index (χ3v) is 5.89. The zero-order valence-corrected chi connectivity index (χ0v) is 13.7. The lowest BCUT2D eigenvalue weighted by Crippen LogP contribution is -2.03. The quantitative estimate of drug-likeness (QED) is 0.796. The van der Waals surface area contributed by atoms with Crippen molar-refractivity contribution in [2.75, 3.05) is 0 Å². The van der Waals surface area contributed by atoms with Crippen molar-refractivity contribution < 1.29 is 0 Å². The van der Waals surface area contributed by atoms with E-state index in [2.05, 4.69) is 50.7 Å². The largest absolute Gasteiger partial charge is 0.335 e. The third-order valence-electron chi connectivity index (χ3n) is 3.69. The summed E-state index contributed by atoms with van der Waals surface area (Å²) in [5.41, 5.74) is 2.53. The Bertz CT molecular complexity index is 676. The van der Waals surface area contributed by atoms with Gasteiger partial charge in [0.05, 0.1) is 0 Å². The van der Waals surface area contributed by atoms with Crippen molar-refractivity contribution in [3.8, 4) is 0 Å². The van der Waals surface area contributed by atoms with Gasteiger partial charge in [-0.15, -0.1) is 0 Å². The molecular weight excluding hydrogens is 300 g/mol. The van der Waals surface area contributed by atoms with Gasteiger partial charge in [-0.2, -0.15) is 0 Å². The number of nitrogens with zero attached hydrogens (tertiary/aromatic N) is 2. The lowest BCUT2D eigenvalue weighted by Gasteiger charge is -2.12. The Kier molecular flexibility index (Phi) is 4.51. The van der Waals surface area contributed by atoms with Gasteiger partial charge in [0.1, 0.15) is 5.82 Å². The lowest BCUT2D eigenvalue weighted by molar-refractivity contribution is 0.673. The minimum absolute atomic E-state index is 0.117. The van der Waals surface area contributed by atoms with E-state index in [9.17, 15) is 0 Å². The zero-order valence-electron chi connectivity index (χ0n) is 12.0. The summed E-state index contributed by atoms with van der Waals surface area (Å²) < 4.78 is 2.15. The lowest BCUT2D eigenvalue weighted by atomic mass is 10.1. The molecule has 0 amide bonds. The van der Waals surface area contributed by atoms with Gasteiger partial charge in [0.25, 0.3) is 0 Å². The Morgan fingerprint density at radius 1 is 1.24 bits per heavy atom. The molecule has 2 aromatic rings.